The van der Waals surface area contributed by atoms with Crippen molar-refractivity contribution in [2.75, 3.05) is 33.9 Å². The van der Waals surface area contributed by atoms with Crippen molar-refractivity contribution in [1.82, 2.24) is 4.90 Å². The van der Waals surface area contributed by atoms with E-state index in [4.69, 9.17) is 9.47 Å². The van der Waals surface area contributed by atoms with Crippen LogP contribution in [-0.4, -0.2) is 50.6 Å². The maximum absolute atomic E-state index is 12.3. The van der Waals surface area contributed by atoms with Gasteiger partial charge in [-0.05, 0) is 62.0 Å². The molecule has 4 nitrogen and oxygen atoms in total. The van der Waals surface area contributed by atoms with Gasteiger partial charge in [-0.2, -0.15) is 0 Å². The molecule has 4 rings (SSSR count). The molecule has 3 atom stereocenters. The standard InChI is InChI=1S/C20H27NO3/c1-21-8-7-20-13-15(22)4-6-17(20)19(21)11-14-3-5-16(12-18(14)20)24-10-9-23-2/h3,5,12,17,19H,4,6-11,13H2,1-2H3/t17-,19+,20-/m0/s1. The fourth-order valence-electron chi connectivity index (χ4n) is 5.33. The van der Waals surface area contributed by atoms with Crippen LogP contribution in [0.4, 0.5) is 0 Å². The molecule has 1 aromatic carbocycles. The van der Waals surface area contributed by atoms with Crippen LogP contribution in [0.3, 0.4) is 0 Å². The van der Waals surface area contributed by atoms with Crippen molar-refractivity contribution in [2.24, 2.45) is 5.92 Å². The average molecular weight is 329 g/mol. The molecule has 1 aromatic rings. The number of hydrogen-bond acceptors (Lipinski definition) is 4. The van der Waals surface area contributed by atoms with E-state index in [-0.39, 0.29) is 5.41 Å². The molecule has 2 bridgehead atoms. The predicted octanol–water partition coefficient (Wildman–Crippen LogP) is 2.58. The zero-order valence-corrected chi connectivity index (χ0v) is 14.7. The Kier molecular flexibility index (Phi) is 4.13. The monoisotopic (exact) mass is 329 g/mol. The summed E-state index contributed by atoms with van der Waals surface area (Å²) in [5.74, 6) is 1.96. The van der Waals surface area contributed by atoms with Crippen LogP contribution in [0.1, 0.15) is 36.8 Å². The molecule has 0 aromatic heterocycles. The molecule has 2 aliphatic carbocycles. The third-order valence-electron chi connectivity index (χ3n) is 6.50. The van der Waals surface area contributed by atoms with Crippen LogP contribution in [0, 0.1) is 5.92 Å². The Hall–Kier alpha value is -1.39. The minimum absolute atomic E-state index is 0.0424. The van der Waals surface area contributed by atoms with Gasteiger partial charge in [0.15, 0.2) is 0 Å². The molecular formula is C20H27NO3. The Morgan fingerprint density at radius 3 is 3.04 bits per heavy atom. The van der Waals surface area contributed by atoms with Gasteiger partial charge in [-0.1, -0.05) is 6.07 Å². The average Bonchev–Trinajstić information content (AvgIpc) is 2.58. The van der Waals surface area contributed by atoms with E-state index in [1.807, 2.05) is 0 Å². The highest BCUT2D eigenvalue weighted by Crippen LogP contribution is 2.55. The Labute approximate surface area is 144 Å². The van der Waals surface area contributed by atoms with E-state index < -0.39 is 0 Å². The van der Waals surface area contributed by atoms with E-state index >= 15 is 0 Å². The highest BCUT2D eigenvalue weighted by Gasteiger charge is 2.54. The van der Waals surface area contributed by atoms with Crippen LogP contribution in [0.2, 0.25) is 0 Å². The molecule has 1 saturated heterocycles. The number of piperidine rings is 1. The normalized spacial score (nSPS) is 32.2. The zero-order chi connectivity index (χ0) is 16.7. The first-order chi connectivity index (χ1) is 11.6. The summed E-state index contributed by atoms with van der Waals surface area (Å²) in [5.41, 5.74) is 2.84. The highest BCUT2D eigenvalue weighted by atomic mass is 16.5. The van der Waals surface area contributed by atoms with Crippen molar-refractivity contribution in [2.45, 2.75) is 43.6 Å². The molecule has 0 N–H and O–H groups in total. The van der Waals surface area contributed by atoms with Crippen molar-refractivity contribution in [3.05, 3.63) is 29.3 Å². The van der Waals surface area contributed by atoms with Crippen molar-refractivity contribution < 1.29 is 14.3 Å². The molecule has 0 spiro atoms. The summed E-state index contributed by atoms with van der Waals surface area (Å²) in [4.78, 5) is 14.9. The SMILES string of the molecule is COCCOc1ccc2c(c1)[C@]13CCN(C)[C@H](C2)[C@@H]1CCC(=O)C3. The number of ketones is 1. The molecule has 1 saturated carbocycles. The van der Waals surface area contributed by atoms with Gasteiger partial charge in [0.2, 0.25) is 0 Å². The van der Waals surface area contributed by atoms with Crippen LogP contribution in [-0.2, 0) is 21.4 Å². The van der Waals surface area contributed by atoms with Gasteiger partial charge in [-0.25, -0.2) is 0 Å². The van der Waals surface area contributed by atoms with Gasteiger partial charge in [0, 0.05) is 31.4 Å². The van der Waals surface area contributed by atoms with Crippen molar-refractivity contribution in [3.8, 4) is 5.75 Å². The van der Waals surface area contributed by atoms with Crippen LogP contribution >= 0.6 is 0 Å². The molecule has 24 heavy (non-hydrogen) atoms. The van der Waals surface area contributed by atoms with E-state index in [1.165, 1.54) is 11.1 Å². The lowest BCUT2D eigenvalue weighted by molar-refractivity contribution is -0.126. The van der Waals surface area contributed by atoms with Gasteiger partial charge in [-0.3, -0.25) is 4.79 Å². The number of carbonyl (C=O) groups is 1. The van der Waals surface area contributed by atoms with E-state index in [9.17, 15) is 4.79 Å². The molecule has 0 unspecified atom stereocenters. The number of rotatable bonds is 4. The molecule has 1 heterocycles. The maximum Gasteiger partial charge on any atom is 0.133 e. The molecule has 4 heteroatoms. The third-order valence-corrected chi connectivity index (χ3v) is 6.50. The lowest BCUT2D eigenvalue weighted by atomic mass is 9.52. The first-order valence-corrected chi connectivity index (χ1v) is 9.11. The molecule has 3 aliphatic rings. The number of nitrogens with zero attached hydrogens (tertiary/aromatic N) is 1. The van der Waals surface area contributed by atoms with Gasteiger partial charge in [0.05, 0.1) is 6.61 Å². The number of ether oxygens (including phenoxy) is 2. The summed E-state index contributed by atoms with van der Waals surface area (Å²) < 4.78 is 10.9. The van der Waals surface area contributed by atoms with E-state index in [2.05, 4.69) is 30.1 Å². The number of likely N-dealkylation sites (N-methyl/N-ethyl adjacent to an activating group) is 1. The van der Waals surface area contributed by atoms with E-state index in [0.29, 0.717) is 31.0 Å². The molecule has 1 aliphatic heterocycles. The van der Waals surface area contributed by atoms with Crippen LogP contribution < -0.4 is 4.74 Å². The number of fused-ring (bicyclic) bond motifs is 1. The zero-order valence-electron chi connectivity index (χ0n) is 14.7. The number of hydrogen-bond donors (Lipinski definition) is 0. The number of methoxy groups -OCH3 is 1. The number of Topliss-reactive ketones (excluding diaryl/α,β-unsaturated/α-hetero) is 1. The molecule has 2 fully saturated rings. The third kappa shape index (κ3) is 2.47. The summed E-state index contributed by atoms with van der Waals surface area (Å²) in [5, 5.41) is 0. The second-order valence-electron chi connectivity index (χ2n) is 7.68. The van der Waals surface area contributed by atoms with Gasteiger partial charge in [0.1, 0.15) is 18.1 Å². The molecule has 0 radical (unpaired) electrons. The lowest BCUT2D eigenvalue weighted by Gasteiger charge is -2.58. The minimum Gasteiger partial charge on any atom is -0.491 e. The van der Waals surface area contributed by atoms with E-state index in [1.54, 1.807) is 7.11 Å². The van der Waals surface area contributed by atoms with Gasteiger partial charge in [0.25, 0.3) is 0 Å². The Morgan fingerprint density at radius 2 is 2.21 bits per heavy atom. The second-order valence-corrected chi connectivity index (χ2v) is 7.68. The van der Waals surface area contributed by atoms with Crippen molar-refractivity contribution in [3.63, 3.8) is 0 Å². The Morgan fingerprint density at radius 1 is 1.33 bits per heavy atom. The number of benzene rings is 1. The van der Waals surface area contributed by atoms with Crippen molar-refractivity contribution >= 4 is 5.78 Å². The predicted molar refractivity (Wildman–Crippen MR) is 92.6 cm³/mol. The summed E-state index contributed by atoms with van der Waals surface area (Å²) >= 11 is 0. The number of carbonyl (C=O) groups excluding carboxylic acids is 1. The van der Waals surface area contributed by atoms with Crippen LogP contribution in [0.15, 0.2) is 18.2 Å². The number of likely N-dealkylation sites (tertiary alicyclic amines) is 1. The summed E-state index contributed by atoms with van der Waals surface area (Å²) in [6.45, 7) is 2.24. The van der Waals surface area contributed by atoms with Gasteiger partial charge >= 0.3 is 0 Å². The summed E-state index contributed by atoms with van der Waals surface area (Å²) in [7, 11) is 3.93. The highest BCUT2D eigenvalue weighted by molar-refractivity contribution is 5.81. The summed E-state index contributed by atoms with van der Waals surface area (Å²) in [6, 6.07) is 7.10. The van der Waals surface area contributed by atoms with Crippen LogP contribution in [0.5, 0.6) is 5.75 Å². The summed E-state index contributed by atoms with van der Waals surface area (Å²) in [6.07, 6.45) is 4.71. The molecule has 130 valence electrons. The smallest absolute Gasteiger partial charge is 0.133 e. The quantitative estimate of drug-likeness (QED) is 0.796. The fraction of sp³-hybridized carbons (Fsp3) is 0.650. The Balaban J connectivity index is 1.73. The first-order valence-electron chi connectivity index (χ1n) is 9.11. The van der Waals surface area contributed by atoms with Gasteiger partial charge < -0.3 is 14.4 Å². The second kappa shape index (κ2) is 6.16. The maximum atomic E-state index is 12.3. The van der Waals surface area contributed by atoms with Crippen LogP contribution in [0.25, 0.3) is 0 Å². The minimum atomic E-state index is 0.0424. The molecular weight excluding hydrogens is 302 g/mol. The molecule has 0 amide bonds. The van der Waals surface area contributed by atoms with E-state index in [0.717, 1.165) is 44.4 Å². The lowest BCUT2D eigenvalue weighted by Crippen LogP contribution is -2.60. The Bertz CT molecular complexity index is 644. The van der Waals surface area contributed by atoms with Gasteiger partial charge in [-0.15, -0.1) is 0 Å². The van der Waals surface area contributed by atoms with Crippen molar-refractivity contribution in [1.29, 1.82) is 0 Å². The topological polar surface area (TPSA) is 38.8 Å². The largest absolute Gasteiger partial charge is 0.491 e. The first kappa shape index (κ1) is 16.1. The fourth-order valence-corrected chi connectivity index (χ4v) is 5.33.